The molecule has 1 aliphatic heterocycles. The lowest BCUT2D eigenvalue weighted by Crippen LogP contribution is -2.40. The lowest BCUT2D eigenvalue weighted by Gasteiger charge is -2.29. The van der Waals surface area contributed by atoms with Crippen molar-refractivity contribution in [1.82, 2.24) is 5.32 Å². The highest BCUT2D eigenvalue weighted by molar-refractivity contribution is 4.84. The van der Waals surface area contributed by atoms with Gasteiger partial charge in [-0.3, -0.25) is 0 Å². The molecule has 0 saturated carbocycles. The van der Waals surface area contributed by atoms with E-state index in [1.807, 2.05) is 13.1 Å². The van der Waals surface area contributed by atoms with Crippen LogP contribution in [0.25, 0.3) is 0 Å². The normalized spacial score (nSPS) is 26.6. The van der Waals surface area contributed by atoms with Crippen molar-refractivity contribution in [2.24, 2.45) is 0 Å². The van der Waals surface area contributed by atoms with Gasteiger partial charge in [0.2, 0.25) is 0 Å². The van der Waals surface area contributed by atoms with Gasteiger partial charge in [-0.1, -0.05) is 6.08 Å². The van der Waals surface area contributed by atoms with E-state index in [4.69, 9.17) is 4.74 Å². The molecule has 0 aromatic rings. The predicted octanol–water partition coefficient (Wildman–Crippen LogP) is 1.72. The Labute approximate surface area is 75.0 Å². The van der Waals surface area contributed by atoms with Crippen molar-refractivity contribution in [3.8, 4) is 0 Å². The van der Waals surface area contributed by atoms with Gasteiger partial charge in [0.25, 0.3) is 0 Å². The van der Waals surface area contributed by atoms with Gasteiger partial charge in [0.1, 0.15) is 0 Å². The van der Waals surface area contributed by atoms with Crippen LogP contribution in [0.3, 0.4) is 0 Å². The van der Waals surface area contributed by atoms with E-state index < -0.39 is 0 Å². The molecule has 2 nitrogen and oxygen atoms in total. The first kappa shape index (κ1) is 9.75. The molecule has 1 fully saturated rings. The summed E-state index contributed by atoms with van der Waals surface area (Å²) in [5, 5.41) is 3.28. The maximum absolute atomic E-state index is 5.67. The molecule has 0 amide bonds. The van der Waals surface area contributed by atoms with E-state index in [0.717, 1.165) is 13.0 Å². The van der Waals surface area contributed by atoms with Gasteiger partial charge in [-0.15, -0.1) is 6.58 Å². The van der Waals surface area contributed by atoms with E-state index in [9.17, 15) is 0 Å². The van der Waals surface area contributed by atoms with Gasteiger partial charge < -0.3 is 10.1 Å². The summed E-state index contributed by atoms with van der Waals surface area (Å²) >= 11 is 0. The zero-order chi connectivity index (χ0) is 8.81. The molecule has 0 bridgehead atoms. The van der Waals surface area contributed by atoms with Crippen molar-refractivity contribution >= 4 is 0 Å². The maximum atomic E-state index is 5.67. The van der Waals surface area contributed by atoms with E-state index in [0.29, 0.717) is 12.1 Å². The Hall–Kier alpha value is -0.340. The number of rotatable bonds is 4. The summed E-state index contributed by atoms with van der Waals surface area (Å²) in [6.45, 7) is 4.68. The number of nitrogens with one attached hydrogen (secondary N) is 1. The van der Waals surface area contributed by atoms with Gasteiger partial charge in [0, 0.05) is 12.6 Å². The van der Waals surface area contributed by atoms with E-state index in [2.05, 4.69) is 11.9 Å². The summed E-state index contributed by atoms with van der Waals surface area (Å²) in [4.78, 5) is 0. The minimum atomic E-state index is 0.404. The Bertz CT molecular complexity index is 130. The van der Waals surface area contributed by atoms with Gasteiger partial charge >= 0.3 is 0 Å². The van der Waals surface area contributed by atoms with Crippen LogP contribution in [0.15, 0.2) is 12.7 Å². The molecule has 1 saturated heterocycles. The Morgan fingerprint density at radius 3 is 3.00 bits per heavy atom. The highest BCUT2D eigenvalue weighted by atomic mass is 16.5. The fourth-order valence-corrected chi connectivity index (χ4v) is 1.72. The van der Waals surface area contributed by atoms with Crippen molar-refractivity contribution in [3.63, 3.8) is 0 Å². The molecule has 1 aliphatic rings. The molecule has 2 unspecified atom stereocenters. The fourth-order valence-electron chi connectivity index (χ4n) is 1.72. The third-order valence-electron chi connectivity index (χ3n) is 2.46. The highest BCUT2D eigenvalue weighted by Gasteiger charge is 2.21. The smallest absolute Gasteiger partial charge is 0.0730 e. The maximum Gasteiger partial charge on any atom is 0.0730 e. The molecule has 0 spiro atoms. The van der Waals surface area contributed by atoms with Crippen molar-refractivity contribution in [2.45, 2.75) is 37.8 Å². The van der Waals surface area contributed by atoms with Crippen LogP contribution in [-0.4, -0.2) is 25.8 Å². The lowest BCUT2D eigenvalue weighted by molar-refractivity contribution is -0.00531. The molecule has 12 heavy (non-hydrogen) atoms. The molecule has 2 atom stereocenters. The van der Waals surface area contributed by atoms with Gasteiger partial charge in [0.15, 0.2) is 0 Å². The summed E-state index contributed by atoms with van der Waals surface area (Å²) in [5.74, 6) is 0. The van der Waals surface area contributed by atoms with Crippen LogP contribution in [0.2, 0.25) is 0 Å². The zero-order valence-corrected chi connectivity index (χ0v) is 7.88. The van der Waals surface area contributed by atoms with Gasteiger partial charge in [-0.25, -0.2) is 0 Å². The fraction of sp³-hybridized carbons (Fsp3) is 0.800. The topological polar surface area (TPSA) is 21.3 Å². The average molecular weight is 169 g/mol. The van der Waals surface area contributed by atoms with Gasteiger partial charge in [-0.05, 0) is 32.7 Å². The number of ether oxygens (including phenoxy) is 1. The zero-order valence-electron chi connectivity index (χ0n) is 7.88. The number of likely N-dealkylation sites (N-methyl/N-ethyl adjacent to an activating group) is 1. The van der Waals surface area contributed by atoms with Crippen LogP contribution in [0, 0.1) is 0 Å². The van der Waals surface area contributed by atoms with E-state index >= 15 is 0 Å². The quantitative estimate of drug-likeness (QED) is 0.647. The van der Waals surface area contributed by atoms with Crippen molar-refractivity contribution in [2.75, 3.05) is 13.7 Å². The van der Waals surface area contributed by atoms with E-state index in [1.165, 1.54) is 19.3 Å². The second-order valence-corrected chi connectivity index (χ2v) is 3.32. The number of hydrogen-bond acceptors (Lipinski definition) is 2. The Kier molecular flexibility index (Phi) is 4.33. The summed E-state index contributed by atoms with van der Waals surface area (Å²) in [6, 6.07) is 0.461. The molecule has 0 aliphatic carbocycles. The van der Waals surface area contributed by atoms with Crippen LogP contribution in [0.5, 0.6) is 0 Å². The van der Waals surface area contributed by atoms with Crippen LogP contribution in [0.4, 0.5) is 0 Å². The van der Waals surface area contributed by atoms with Gasteiger partial charge in [-0.2, -0.15) is 0 Å². The molecule has 70 valence electrons. The molecule has 0 aromatic heterocycles. The Morgan fingerprint density at radius 2 is 2.50 bits per heavy atom. The van der Waals surface area contributed by atoms with Crippen molar-refractivity contribution < 1.29 is 4.74 Å². The summed E-state index contributed by atoms with van der Waals surface area (Å²) in [6.07, 6.45) is 7.09. The molecular weight excluding hydrogens is 150 g/mol. The summed E-state index contributed by atoms with van der Waals surface area (Å²) in [7, 11) is 1.99. The SMILES string of the molecule is C=CCC(NC)C1CCCCO1. The summed E-state index contributed by atoms with van der Waals surface area (Å²) < 4.78 is 5.67. The summed E-state index contributed by atoms with van der Waals surface area (Å²) in [5.41, 5.74) is 0. The van der Waals surface area contributed by atoms with Crippen LogP contribution in [0.1, 0.15) is 25.7 Å². The minimum absolute atomic E-state index is 0.404. The second-order valence-electron chi connectivity index (χ2n) is 3.32. The standard InChI is InChI=1S/C10H19NO/c1-3-6-9(11-2)10-7-4-5-8-12-10/h3,9-11H,1,4-8H2,2H3. The third-order valence-corrected chi connectivity index (χ3v) is 2.46. The predicted molar refractivity (Wildman–Crippen MR) is 51.3 cm³/mol. The molecule has 0 radical (unpaired) electrons. The van der Waals surface area contributed by atoms with Crippen molar-refractivity contribution in [1.29, 1.82) is 0 Å². The average Bonchev–Trinajstić information content (AvgIpc) is 2.15. The minimum Gasteiger partial charge on any atom is -0.377 e. The largest absolute Gasteiger partial charge is 0.377 e. The molecular formula is C10H19NO. The molecule has 1 N–H and O–H groups in total. The molecule has 0 aromatic carbocycles. The first-order valence-corrected chi connectivity index (χ1v) is 4.78. The van der Waals surface area contributed by atoms with Gasteiger partial charge in [0.05, 0.1) is 6.10 Å². The monoisotopic (exact) mass is 169 g/mol. The van der Waals surface area contributed by atoms with Crippen LogP contribution in [-0.2, 0) is 4.74 Å². The second kappa shape index (κ2) is 5.33. The molecule has 2 heteroatoms. The number of hydrogen-bond donors (Lipinski definition) is 1. The highest BCUT2D eigenvalue weighted by Crippen LogP contribution is 2.17. The van der Waals surface area contributed by atoms with Crippen LogP contribution >= 0.6 is 0 Å². The Balaban J connectivity index is 2.34. The first-order valence-electron chi connectivity index (χ1n) is 4.78. The Morgan fingerprint density at radius 1 is 1.67 bits per heavy atom. The molecule has 1 rings (SSSR count). The third kappa shape index (κ3) is 2.61. The van der Waals surface area contributed by atoms with E-state index in [-0.39, 0.29) is 0 Å². The van der Waals surface area contributed by atoms with Crippen LogP contribution < -0.4 is 5.32 Å². The van der Waals surface area contributed by atoms with Crippen molar-refractivity contribution in [3.05, 3.63) is 12.7 Å². The molecule has 1 heterocycles. The first-order chi connectivity index (χ1) is 5.88. The lowest BCUT2D eigenvalue weighted by atomic mass is 10.00. The van der Waals surface area contributed by atoms with E-state index in [1.54, 1.807) is 0 Å².